The Morgan fingerprint density at radius 2 is 2.19 bits per heavy atom. The van der Waals surface area contributed by atoms with E-state index in [1.807, 2.05) is 0 Å². The van der Waals surface area contributed by atoms with E-state index in [0.29, 0.717) is 5.56 Å². The van der Waals surface area contributed by atoms with Gasteiger partial charge in [0.05, 0.1) is 29.6 Å². The standard InChI is InChI=1S/C13H12Cl2FN3O2/c1-19-13(21)12(15)10(5-17-19)18-11(6-20)7-2-3-8(14)9(16)4-7/h2-5,11,18,20H,6H2,1H3/t11-/m0/s1. The molecule has 1 aromatic heterocycles. The smallest absolute Gasteiger partial charge is 0.287 e. The Bertz CT molecular complexity index is 721. The molecule has 0 aliphatic heterocycles. The first-order valence-corrected chi connectivity index (χ1v) is 6.73. The Morgan fingerprint density at radius 1 is 1.48 bits per heavy atom. The van der Waals surface area contributed by atoms with Gasteiger partial charge in [-0.2, -0.15) is 5.10 Å². The van der Waals surface area contributed by atoms with E-state index in [4.69, 9.17) is 23.2 Å². The molecule has 21 heavy (non-hydrogen) atoms. The van der Waals surface area contributed by atoms with E-state index in [0.717, 1.165) is 4.68 Å². The average molecular weight is 332 g/mol. The first-order chi connectivity index (χ1) is 9.93. The number of hydrogen-bond donors (Lipinski definition) is 2. The van der Waals surface area contributed by atoms with Gasteiger partial charge in [0, 0.05) is 7.05 Å². The number of benzene rings is 1. The summed E-state index contributed by atoms with van der Waals surface area (Å²) in [5, 5.41) is 16.1. The Balaban J connectivity index is 2.33. The number of aromatic nitrogens is 2. The lowest BCUT2D eigenvalue weighted by Crippen LogP contribution is -2.23. The lowest BCUT2D eigenvalue weighted by Gasteiger charge is -2.19. The minimum atomic E-state index is -0.650. The molecular formula is C13H12Cl2FN3O2. The van der Waals surface area contributed by atoms with E-state index in [-0.39, 0.29) is 22.3 Å². The van der Waals surface area contributed by atoms with Crippen LogP contribution in [-0.4, -0.2) is 21.5 Å². The van der Waals surface area contributed by atoms with Gasteiger partial charge >= 0.3 is 0 Å². The monoisotopic (exact) mass is 331 g/mol. The first kappa shape index (κ1) is 15.8. The van der Waals surface area contributed by atoms with Gasteiger partial charge in [-0.15, -0.1) is 0 Å². The van der Waals surface area contributed by atoms with Gasteiger partial charge in [-0.05, 0) is 17.7 Å². The lowest BCUT2D eigenvalue weighted by atomic mass is 10.1. The molecule has 112 valence electrons. The highest BCUT2D eigenvalue weighted by Gasteiger charge is 2.15. The van der Waals surface area contributed by atoms with Crippen LogP contribution in [0.3, 0.4) is 0 Å². The van der Waals surface area contributed by atoms with Gasteiger partial charge in [0.25, 0.3) is 5.56 Å². The predicted octanol–water partition coefficient (Wildman–Crippen LogP) is 2.37. The van der Waals surface area contributed by atoms with Crippen LogP contribution in [-0.2, 0) is 7.05 Å². The molecule has 0 amide bonds. The maximum atomic E-state index is 13.5. The van der Waals surface area contributed by atoms with Gasteiger partial charge in [0.15, 0.2) is 0 Å². The van der Waals surface area contributed by atoms with Crippen LogP contribution < -0.4 is 10.9 Å². The molecule has 1 heterocycles. The molecule has 0 aliphatic rings. The van der Waals surface area contributed by atoms with Crippen LogP contribution in [0.15, 0.2) is 29.2 Å². The van der Waals surface area contributed by atoms with E-state index in [1.165, 1.54) is 25.4 Å². The first-order valence-electron chi connectivity index (χ1n) is 5.98. The number of aryl methyl sites for hydroxylation is 1. The van der Waals surface area contributed by atoms with E-state index >= 15 is 0 Å². The van der Waals surface area contributed by atoms with Gasteiger partial charge < -0.3 is 10.4 Å². The minimum Gasteiger partial charge on any atom is -0.394 e. The van der Waals surface area contributed by atoms with Crippen molar-refractivity contribution in [3.63, 3.8) is 0 Å². The van der Waals surface area contributed by atoms with Crippen molar-refractivity contribution in [1.29, 1.82) is 0 Å². The van der Waals surface area contributed by atoms with Crippen LogP contribution in [0, 0.1) is 5.82 Å². The number of aliphatic hydroxyl groups excluding tert-OH is 1. The number of halogens is 3. The van der Waals surface area contributed by atoms with Crippen molar-refractivity contribution in [2.24, 2.45) is 7.05 Å². The Kier molecular flexibility index (Phi) is 4.82. The molecular weight excluding hydrogens is 320 g/mol. The lowest BCUT2D eigenvalue weighted by molar-refractivity contribution is 0.276. The number of anilines is 1. The van der Waals surface area contributed by atoms with Crippen molar-refractivity contribution < 1.29 is 9.50 Å². The fraction of sp³-hybridized carbons (Fsp3) is 0.231. The van der Waals surface area contributed by atoms with Crippen LogP contribution in [0.2, 0.25) is 10.0 Å². The molecule has 2 N–H and O–H groups in total. The molecule has 2 aromatic rings. The fourth-order valence-corrected chi connectivity index (χ4v) is 2.11. The summed E-state index contributed by atoms with van der Waals surface area (Å²) >= 11 is 11.5. The summed E-state index contributed by atoms with van der Waals surface area (Å²) in [5.41, 5.74) is 0.256. The van der Waals surface area contributed by atoms with Gasteiger partial charge in [-0.1, -0.05) is 29.3 Å². The molecule has 2 rings (SSSR count). The third-order valence-electron chi connectivity index (χ3n) is 2.94. The normalized spacial score (nSPS) is 12.2. The Labute approximate surface area is 129 Å². The quantitative estimate of drug-likeness (QED) is 0.902. The van der Waals surface area contributed by atoms with Crippen LogP contribution in [0.5, 0.6) is 0 Å². The largest absolute Gasteiger partial charge is 0.394 e. The van der Waals surface area contributed by atoms with Crippen molar-refractivity contribution >= 4 is 28.9 Å². The summed E-state index contributed by atoms with van der Waals surface area (Å²) in [5.74, 6) is -0.595. The summed E-state index contributed by atoms with van der Waals surface area (Å²) in [6, 6.07) is 3.52. The fourth-order valence-electron chi connectivity index (χ4n) is 1.76. The van der Waals surface area contributed by atoms with E-state index in [9.17, 15) is 14.3 Å². The van der Waals surface area contributed by atoms with Crippen LogP contribution in [0.4, 0.5) is 10.1 Å². The highest BCUT2D eigenvalue weighted by molar-refractivity contribution is 6.33. The average Bonchev–Trinajstić information content (AvgIpc) is 2.47. The van der Waals surface area contributed by atoms with Crippen molar-refractivity contribution in [3.05, 3.63) is 56.2 Å². The van der Waals surface area contributed by atoms with Crippen LogP contribution in [0.1, 0.15) is 11.6 Å². The maximum absolute atomic E-state index is 13.5. The van der Waals surface area contributed by atoms with Gasteiger partial charge in [0.1, 0.15) is 10.8 Å². The number of nitrogens with zero attached hydrogens (tertiary/aromatic N) is 2. The zero-order chi connectivity index (χ0) is 15.6. The van der Waals surface area contributed by atoms with Gasteiger partial charge in [-0.25, -0.2) is 9.07 Å². The zero-order valence-electron chi connectivity index (χ0n) is 11.0. The zero-order valence-corrected chi connectivity index (χ0v) is 12.5. The summed E-state index contributed by atoms with van der Waals surface area (Å²) in [7, 11) is 1.47. The van der Waals surface area contributed by atoms with E-state index < -0.39 is 17.4 Å². The third kappa shape index (κ3) is 3.34. The molecule has 0 unspecified atom stereocenters. The van der Waals surface area contributed by atoms with Crippen LogP contribution in [0.25, 0.3) is 0 Å². The second-order valence-corrected chi connectivity index (χ2v) is 5.14. The van der Waals surface area contributed by atoms with Crippen molar-refractivity contribution in [2.45, 2.75) is 6.04 Å². The van der Waals surface area contributed by atoms with E-state index in [1.54, 1.807) is 6.07 Å². The topological polar surface area (TPSA) is 67.2 Å². The second kappa shape index (κ2) is 6.43. The molecule has 0 saturated carbocycles. The number of nitrogens with one attached hydrogen (secondary N) is 1. The molecule has 0 aliphatic carbocycles. The second-order valence-electron chi connectivity index (χ2n) is 4.35. The van der Waals surface area contributed by atoms with Crippen molar-refractivity contribution in [3.8, 4) is 0 Å². The summed E-state index contributed by atoms with van der Waals surface area (Å²) in [4.78, 5) is 11.7. The van der Waals surface area contributed by atoms with Crippen LogP contribution >= 0.6 is 23.2 Å². The molecule has 8 heteroatoms. The van der Waals surface area contributed by atoms with Gasteiger partial charge in [-0.3, -0.25) is 4.79 Å². The number of rotatable bonds is 4. The van der Waals surface area contributed by atoms with Crippen molar-refractivity contribution in [2.75, 3.05) is 11.9 Å². The molecule has 5 nitrogen and oxygen atoms in total. The molecule has 0 fully saturated rings. The highest BCUT2D eigenvalue weighted by atomic mass is 35.5. The minimum absolute atomic E-state index is 0.0104. The molecule has 0 spiro atoms. The predicted molar refractivity (Wildman–Crippen MR) is 79.3 cm³/mol. The Hall–Kier alpha value is -1.63. The molecule has 0 radical (unpaired) electrons. The third-order valence-corrected chi connectivity index (χ3v) is 3.61. The maximum Gasteiger partial charge on any atom is 0.287 e. The van der Waals surface area contributed by atoms with Gasteiger partial charge in [0.2, 0.25) is 0 Å². The van der Waals surface area contributed by atoms with Crippen molar-refractivity contribution in [1.82, 2.24) is 9.78 Å². The molecule has 1 atom stereocenters. The molecule has 0 bridgehead atoms. The summed E-state index contributed by atoms with van der Waals surface area (Å²) in [6.45, 7) is -0.327. The van der Waals surface area contributed by atoms with E-state index in [2.05, 4.69) is 10.4 Å². The summed E-state index contributed by atoms with van der Waals surface area (Å²) in [6.07, 6.45) is 1.36. The number of aliphatic hydroxyl groups is 1. The molecule has 0 saturated heterocycles. The number of hydrogen-bond acceptors (Lipinski definition) is 4. The summed E-state index contributed by atoms with van der Waals surface area (Å²) < 4.78 is 14.6. The highest BCUT2D eigenvalue weighted by Crippen LogP contribution is 2.25. The molecule has 1 aromatic carbocycles. The Morgan fingerprint density at radius 3 is 2.81 bits per heavy atom. The SMILES string of the molecule is Cn1ncc(N[C@@H](CO)c2ccc(Cl)c(F)c2)c(Cl)c1=O.